The number of carbonyl (C=O) groups is 1. The Labute approximate surface area is 134 Å². The first-order valence-corrected chi connectivity index (χ1v) is 7.34. The van der Waals surface area contributed by atoms with Gasteiger partial charge in [-0.25, -0.2) is 4.79 Å². The second kappa shape index (κ2) is 8.24. The molecule has 2 amide bonds. The summed E-state index contributed by atoms with van der Waals surface area (Å²) in [6.07, 6.45) is 3.24. The molecule has 1 atom stereocenters. The van der Waals surface area contributed by atoms with Crippen molar-refractivity contribution in [1.29, 1.82) is 0 Å². The fourth-order valence-corrected chi connectivity index (χ4v) is 1.90. The van der Waals surface area contributed by atoms with Crippen molar-refractivity contribution in [3.8, 4) is 5.75 Å². The van der Waals surface area contributed by atoms with E-state index in [4.69, 9.17) is 16.3 Å². The number of urea groups is 1. The zero-order valence-corrected chi connectivity index (χ0v) is 13.0. The highest BCUT2D eigenvalue weighted by molar-refractivity contribution is 6.30. The third-order valence-corrected chi connectivity index (χ3v) is 3.16. The van der Waals surface area contributed by atoms with Gasteiger partial charge in [0.2, 0.25) is 0 Å². The quantitative estimate of drug-likeness (QED) is 0.860. The zero-order chi connectivity index (χ0) is 15.8. The van der Waals surface area contributed by atoms with Gasteiger partial charge in [0.05, 0.1) is 6.54 Å². The number of hydrogen-bond acceptors (Lipinski definition) is 3. The Balaban J connectivity index is 1.68. The lowest BCUT2D eigenvalue weighted by molar-refractivity contribution is 0.207. The lowest BCUT2D eigenvalue weighted by atomic mass is 10.3. The fourth-order valence-electron chi connectivity index (χ4n) is 1.77. The Morgan fingerprint density at radius 2 is 1.86 bits per heavy atom. The fraction of sp³-hybridized carbons (Fsp3) is 0.250. The monoisotopic (exact) mass is 319 g/mol. The largest absolute Gasteiger partial charge is 0.489 e. The molecule has 0 aliphatic heterocycles. The molecule has 2 aromatic rings. The van der Waals surface area contributed by atoms with Gasteiger partial charge in [0.1, 0.15) is 11.9 Å². The first kappa shape index (κ1) is 16.1. The van der Waals surface area contributed by atoms with Gasteiger partial charge in [-0.3, -0.25) is 4.98 Å². The maximum atomic E-state index is 11.7. The molecule has 2 N–H and O–H groups in total. The van der Waals surface area contributed by atoms with Gasteiger partial charge in [-0.2, -0.15) is 0 Å². The standard InChI is InChI=1S/C16H18ClN3O2/c1-12(22-15-4-2-14(17)3-5-15)10-19-16(21)20-11-13-6-8-18-9-7-13/h2-9,12H,10-11H2,1H3,(H2,19,20,21)/t12-/m0/s1. The van der Waals surface area contributed by atoms with E-state index in [1.165, 1.54) is 0 Å². The molecule has 116 valence electrons. The smallest absolute Gasteiger partial charge is 0.315 e. The molecule has 5 nitrogen and oxygen atoms in total. The normalized spacial score (nSPS) is 11.5. The number of ether oxygens (including phenoxy) is 1. The Morgan fingerprint density at radius 3 is 2.55 bits per heavy atom. The Hall–Kier alpha value is -2.27. The van der Waals surface area contributed by atoms with E-state index in [2.05, 4.69) is 15.6 Å². The van der Waals surface area contributed by atoms with Crippen LogP contribution < -0.4 is 15.4 Å². The van der Waals surface area contributed by atoms with Gasteiger partial charge < -0.3 is 15.4 Å². The summed E-state index contributed by atoms with van der Waals surface area (Å²) in [6, 6.07) is 10.6. The van der Waals surface area contributed by atoms with Crippen molar-refractivity contribution < 1.29 is 9.53 Å². The highest BCUT2D eigenvalue weighted by Gasteiger charge is 2.06. The molecule has 0 saturated heterocycles. The van der Waals surface area contributed by atoms with Gasteiger partial charge in [0, 0.05) is 24.0 Å². The molecule has 0 bridgehead atoms. The topological polar surface area (TPSA) is 63.2 Å². The van der Waals surface area contributed by atoms with Crippen LogP contribution in [0.25, 0.3) is 0 Å². The number of nitrogens with zero attached hydrogens (tertiary/aromatic N) is 1. The Bertz CT molecular complexity index is 590. The van der Waals surface area contributed by atoms with Crippen LogP contribution in [-0.4, -0.2) is 23.7 Å². The highest BCUT2D eigenvalue weighted by atomic mass is 35.5. The van der Waals surface area contributed by atoms with Crippen molar-refractivity contribution in [2.75, 3.05) is 6.54 Å². The van der Waals surface area contributed by atoms with Gasteiger partial charge in [-0.05, 0) is 48.9 Å². The number of nitrogens with one attached hydrogen (secondary N) is 2. The average Bonchev–Trinajstić information content (AvgIpc) is 2.54. The summed E-state index contributed by atoms with van der Waals surface area (Å²) in [5, 5.41) is 6.20. The lowest BCUT2D eigenvalue weighted by Gasteiger charge is -2.16. The van der Waals surface area contributed by atoms with Gasteiger partial charge in [-0.15, -0.1) is 0 Å². The molecule has 6 heteroatoms. The van der Waals surface area contributed by atoms with Crippen LogP contribution in [0, 0.1) is 0 Å². The van der Waals surface area contributed by atoms with Gasteiger partial charge in [-0.1, -0.05) is 11.6 Å². The van der Waals surface area contributed by atoms with Crippen molar-refractivity contribution in [3.63, 3.8) is 0 Å². The van der Waals surface area contributed by atoms with Crippen LogP contribution in [0.5, 0.6) is 5.75 Å². The van der Waals surface area contributed by atoms with Crippen LogP contribution in [0.3, 0.4) is 0 Å². The summed E-state index contributed by atoms with van der Waals surface area (Å²) in [6.45, 7) is 2.75. The van der Waals surface area contributed by atoms with Gasteiger partial charge >= 0.3 is 6.03 Å². The second-order valence-electron chi connectivity index (χ2n) is 4.80. The number of aromatic nitrogens is 1. The van der Waals surface area contributed by atoms with Crippen LogP contribution in [-0.2, 0) is 6.54 Å². The molecule has 0 saturated carbocycles. The molecule has 0 radical (unpaired) electrons. The van der Waals surface area contributed by atoms with E-state index in [1.807, 2.05) is 19.1 Å². The molecule has 0 aliphatic rings. The van der Waals surface area contributed by atoms with E-state index in [-0.39, 0.29) is 12.1 Å². The Kier molecular flexibility index (Phi) is 6.03. The maximum Gasteiger partial charge on any atom is 0.315 e. The van der Waals surface area contributed by atoms with Crippen LogP contribution in [0.1, 0.15) is 12.5 Å². The van der Waals surface area contributed by atoms with Gasteiger partial charge in [0.15, 0.2) is 0 Å². The molecule has 0 aliphatic carbocycles. The highest BCUT2D eigenvalue weighted by Crippen LogP contribution is 2.16. The molecular formula is C16H18ClN3O2. The number of amides is 2. The molecule has 0 fully saturated rings. The maximum absolute atomic E-state index is 11.7. The second-order valence-corrected chi connectivity index (χ2v) is 5.24. The first-order valence-electron chi connectivity index (χ1n) is 6.96. The molecular weight excluding hydrogens is 302 g/mol. The van der Waals surface area contributed by atoms with Crippen molar-refractivity contribution in [2.45, 2.75) is 19.6 Å². The van der Waals surface area contributed by atoms with E-state index in [0.717, 1.165) is 11.3 Å². The average molecular weight is 320 g/mol. The van der Waals surface area contributed by atoms with E-state index in [9.17, 15) is 4.79 Å². The zero-order valence-electron chi connectivity index (χ0n) is 12.3. The number of hydrogen-bond donors (Lipinski definition) is 2. The number of halogens is 1. The number of pyridine rings is 1. The third kappa shape index (κ3) is 5.61. The minimum atomic E-state index is -0.233. The first-order chi connectivity index (χ1) is 10.6. The predicted molar refractivity (Wildman–Crippen MR) is 86.0 cm³/mol. The number of benzene rings is 1. The van der Waals surface area contributed by atoms with E-state index >= 15 is 0 Å². The summed E-state index contributed by atoms with van der Waals surface area (Å²) in [4.78, 5) is 15.6. The molecule has 1 aromatic carbocycles. The summed E-state index contributed by atoms with van der Waals surface area (Å²) >= 11 is 5.81. The van der Waals surface area contributed by atoms with Crippen molar-refractivity contribution in [2.24, 2.45) is 0 Å². The van der Waals surface area contributed by atoms with E-state index in [0.29, 0.717) is 18.1 Å². The number of rotatable bonds is 6. The van der Waals surface area contributed by atoms with Crippen molar-refractivity contribution >= 4 is 17.6 Å². The van der Waals surface area contributed by atoms with Crippen LogP contribution in [0.2, 0.25) is 5.02 Å². The summed E-state index contributed by atoms with van der Waals surface area (Å²) in [5.41, 5.74) is 0.996. The van der Waals surface area contributed by atoms with Crippen molar-refractivity contribution in [3.05, 3.63) is 59.4 Å². The van der Waals surface area contributed by atoms with Crippen molar-refractivity contribution in [1.82, 2.24) is 15.6 Å². The molecule has 1 heterocycles. The molecule has 2 rings (SSSR count). The van der Waals surface area contributed by atoms with E-state index < -0.39 is 0 Å². The minimum absolute atomic E-state index is 0.146. The van der Waals surface area contributed by atoms with Gasteiger partial charge in [0.25, 0.3) is 0 Å². The molecule has 1 aromatic heterocycles. The number of carbonyl (C=O) groups excluding carboxylic acids is 1. The minimum Gasteiger partial charge on any atom is -0.489 e. The lowest BCUT2D eigenvalue weighted by Crippen LogP contribution is -2.40. The van der Waals surface area contributed by atoms with Crippen LogP contribution in [0.15, 0.2) is 48.8 Å². The Morgan fingerprint density at radius 1 is 1.18 bits per heavy atom. The third-order valence-electron chi connectivity index (χ3n) is 2.90. The molecule has 0 spiro atoms. The van der Waals surface area contributed by atoms with Crippen LogP contribution in [0.4, 0.5) is 4.79 Å². The molecule has 22 heavy (non-hydrogen) atoms. The predicted octanol–water partition coefficient (Wildman–Crippen LogP) is 3.00. The summed E-state index contributed by atoms with van der Waals surface area (Å²) in [7, 11) is 0. The summed E-state index contributed by atoms with van der Waals surface area (Å²) < 4.78 is 5.67. The SMILES string of the molecule is C[C@@H](CNC(=O)NCc1ccncc1)Oc1ccc(Cl)cc1. The summed E-state index contributed by atoms with van der Waals surface area (Å²) in [5.74, 6) is 0.718. The van der Waals surface area contributed by atoms with E-state index in [1.54, 1.807) is 36.7 Å². The van der Waals surface area contributed by atoms with Crippen LogP contribution >= 0.6 is 11.6 Å². The molecule has 0 unspecified atom stereocenters.